The summed E-state index contributed by atoms with van der Waals surface area (Å²) < 4.78 is 0.925. The summed E-state index contributed by atoms with van der Waals surface area (Å²) in [4.78, 5) is 5.55. The largest absolute Gasteiger partial charge is 0.624 e. The van der Waals surface area contributed by atoms with Crippen molar-refractivity contribution in [1.82, 2.24) is 5.06 Å². The number of nitrogens with zero attached hydrogens (tertiary/aromatic N) is 2. The predicted octanol–water partition coefficient (Wildman–Crippen LogP) is 2.78. The van der Waals surface area contributed by atoms with E-state index in [9.17, 15) is 5.21 Å². The Labute approximate surface area is 114 Å². The minimum Gasteiger partial charge on any atom is -0.624 e. The lowest BCUT2D eigenvalue weighted by Gasteiger charge is -2.24. The molecule has 4 heteroatoms. The van der Waals surface area contributed by atoms with Gasteiger partial charge in [0.1, 0.15) is 0 Å². The number of hydrogen-bond donors (Lipinski definition) is 0. The van der Waals surface area contributed by atoms with Crippen LogP contribution in [0.3, 0.4) is 0 Å². The molecule has 0 unspecified atom stereocenters. The molecule has 0 bridgehead atoms. The number of rotatable bonds is 3. The van der Waals surface area contributed by atoms with Crippen LogP contribution in [0.2, 0.25) is 0 Å². The fourth-order valence-corrected chi connectivity index (χ4v) is 1.78. The Morgan fingerprint density at radius 3 is 2.84 bits per heavy atom. The molecule has 102 valence electrons. The van der Waals surface area contributed by atoms with Gasteiger partial charge in [0, 0.05) is 27.0 Å². The van der Waals surface area contributed by atoms with Crippen molar-refractivity contribution in [3.8, 4) is 0 Å². The molecule has 4 nitrogen and oxygen atoms in total. The maximum atomic E-state index is 11.6. The van der Waals surface area contributed by atoms with E-state index >= 15 is 0 Å². The van der Waals surface area contributed by atoms with Gasteiger partial charge in [0.25, 0.3) is 0 Å². The van der Waals surface area contributed by atoms with Crippen molar-refractivity contribution in [2.75, 3.05) is 6.61 Å². The highest BCUT2D eigenvalue weighted by atomic mass is 16.7. The second-order valence-corrected chi connectivity index (χ2v) is 5.56. The molecule has 2 rings (SSSR count). The summed E-state index contributed by atoms with van der Waals surface area (Å²) >= 11 is 0. The number of hydrogen-bond acceptors (Lipinski definition) is 3. The number of fused-ring (bicyclic) bond motifs is 1. The van der Waals surface area contributed by atoms with Crippen LogP contribution < -0.4 is 0 Å². The van der Waals surface area contributed by atoms with Crippen molar-refractivity contribution in [3.63, 3.8) is 0 Å². The minimum atomic E-state index is -0.423. The van der Waals surface area contributed by atoms with E-state index in [1.807, 2.05) is 45.2 Å². The molecule has 0 saturated heterocycles. The predicted molar refractivity (Wildman–Crippen MR) is 76.4 cm³/mol. The summed E-state index contributed by atoms with van der Waals surface area (Å²) in [5.41, 5.74) is 2.01. The molecule has 0 atom stereocenters. The van der Waals surface area contributed by atoms with Gasteiger partial charge in [0.2, 0.25) is 0 Å². The Bertz CT molecular complexity index is 501. The maximum absolute atomic E-state index is 11.6. The third kappa shape index (κ3) is 3.58. The van der Waals surface area contributed by atoms with E-state index in [2.05, 4.69) is 12.1 Å². The molecule has 1 aliphatic rings. The molecular weight excluding hydrogens is 240 g/mol. The fraction of sp³-hybridized carbons (Fsp3) is 0.400. The van der Waals surface area contributed by atoms with Gasteiger partial charge in [0.15, 0.2) is 18.4 Å². The van der Waals surface area contributed by atoms with Gasteiger partial charge in [-0.3, -0.25) is 9.90 Å². The zero-order valence-electron chi connectivity index (χ0n) is 11.7. The molecule has 0 spiro atoms. The summed E-state index contributed by atoms with van der Waals surface area (Å²) in [6.07, 6.45) is 5.42. The third-order valence-electron chi connectivity index (χ3n) is 2.94. The average molecular weight is 260 g/mol. The van der Waals surface area contributed by atoms with Crippen LogP contribution in [0.15, 0.2) is 30.5 Å². The lowest BCUT2D eigenvalue weighted by atomic mass is 10.1. The molecule has 0 radical (unpaired) electrons. The van der Waals surface area contributed by atoms with Gasteiger partial charge in [-0.2, -0.15) is 0 Å². The van der Waals surface area contributed by atoms with Crippen molar-refractivity contribution >= 4 is 12.3 Å². The van der Waals surface area contributed by atoms with Crippen LogP contribution in [-0.4, -0.2) is 28.2 Å². The molecule has 1 aromatic carbocycles. The highest BCUT2D eigenvalue weighted by Gasteiger charge is 2.18. The number of hydroxylamine groups is 3. The third-order valence-corrected chi connectivity index (χ3v) is 2.94. The monoisotopic (exact) mass is 260 g/mol. The second kappa shape index (κ2) is 5.45. The standard InChI is InChI=1S/C15H20N2O2/c1-15(2,3)17(18)10-11-19-16-9-8-13-6-4-5-7-14(13)12-16/h4-10H,11-12H2,1-3H3. The second-order valence-electron chi connectivity index (χ2n) is 5.56. The van der Waals surface area contributed by atoms with Crippen LogP contribution in [0, 0.1) is 5.21 Å². The first-order valence-corrected chi connectivity index (χ1v) is 6.42. The molecular formula is C15H20N2O2. The molecule has 0 N–H and O–H groups in total. The van der Waals surface area contributed by atoms with Crippen LogP contribution in [0.4, 0.5) is 0 Å². The van der Waals surface area contributed by atoms with E-state index in [0.29, 0.717) is 6.54 Å². The smallest absolute Gasteiger partial charge is 0.179 e. The lowest BCUT2D eigenvalue weighted by Crippen LogP contribution is -2.31. The molecule has 0 aromatic heterocycles. The first-order chi connectivity index (χ1) is 8.97. The van der Waals surface area contributed by atoms with E-state index in [4.69, 9.17) is 4.84 Å². The topological polar surface area (TPSA) is 38.5 Å². The first-order valence-electron chi connectivity index (χ1n) is 6.42. The Hall–Kier alpha value is -1.81. The minimum absolute atomic E-state index is 0.271. The van der Waals surface area contributed by atoms with E-state index < -0.39 is 5.54 Å². The van der Waals surface area contributed by atoms with Crippen LogP contribution in [-0.2, 0) is 11.4 Å². The van der Waals surface area contributed by atoms with Gasteiger partial charge in [-0.25, -0.2) is 4.74 Å². The lowest BCUT2D eigenvalue weighted by molar-refractivity contribution is -0.532. The normalized spacial score (nSPS) is 15.5. The van der Waals surface area contributed by atoms with Gasteiger partial charge >= 0.3 is 0 Å². The Morgan fingerprint density at radius 1 is 1.37 bits per heavy atom. The van der Waals surface area contributed by atoms with Gasteiger partial charge in [-0.05, 0) is 17.2 Å². The summed E-state index contributed by atoms with van der Waals surface area (Å²) in [5.74, 6) is 0. The summed E-state index contributed by atoms with van der Waals surface area (Å²) in [6.45, 7) is 6.58. The van der Waals surface area contributed by atoms with Gasteiger partial charge in [0.05, 0.1) is 6.54 Å². The molecule has 1 aromatic rings. The molecule has 1 aliphatic heterocycles. The van der Waals surface area contributed by atoms with Crippen molar-refractivity contribution in [2.24, 2.45) is 0 Å². The fourth-order valence-electron chi connectivity index (χ4n) is 1.78. The van der Waals surface area contributed by atoms with E-state index in [-0.39, 0.29) is 6.61 Å². The SMILES string of the molecule is CC(C)(C)[N+]([O-])=CCON1C=Cc2ccccc2C1. The molecule has 19 heavy (non-hydrogen) atoms. The Balaban J connectivity index is 1.90. The van der Waals surface area contributed by atoms with Crippen LogP contribution in [0.25, 0.3) is 6.08 Å². The van der Waals surface area contributed by atoms with Crippen molar-refractivity contribution in [2.45, 2.75) is 32.9 Å². The summed E-state index contributed by atoms with van der Waals surface area (Å²) in [5, 5.41) is 13.4. The Morgan fingerprint density at radius 2 is 2.11 bits per heavy atom. The zero-order chi connectivity index (χ0) is 13.9. The summed E-state index contributed by atoms with van der Waals surface area (Å²) in [6, 6.07) is 8.19. The first kappa shape index (κ1) is 13.6. The van der Waals surface area contributed by atoms with Crippen molar-refractivity contribution in [3.05, 3.63) is 46.8 Å². The van der Waals surface area contributed by atoms with E-state index in [1.165, 1.54) is 17.3 Å². The molecule has 0 saturated carbocycles. The van der Waals surface area contributed by atoms with Crippen LogP contribution in [0.1, 0.15) is 31.9 Å². The molecule has 1 heterocycles. The Kier molecular flexibility index (Phi) is 3.90. The maximum Gasteiger partial charge on any atom is 0.179 e. The zero-order valence-corrected chi connectivity index (χ0v) is 11.7. The van der Waals surface area contributed by atoms with E-state index in [1.54, 1.807) is 5.06 Å². The van der Waals surface area contributed by atoms with Crippen LogP contribution in [0.5, 0.6) is 0 Å². The molecule has 0 fully saturated rings. The van der Waals surface area contributed by atoms with Gasteiger partial charge in [-0.15, -0.1) is 0 Å². The number of benzene rings is 1. The molecule has 0 aliphatic carbocycles. The highest BCUT2D eigenvalue weighted by molar-refractivity contribution is 5.55. The quantitative estimate of drug-likeness (QED) is 0.363. The van der Waals surface area contributed by atoms with Crippen LogP contribution >= 0.6 is 0 Å². The molecule has 0 amide bonds. The highest BCUT2D eigenvalue weighted by Crippen LogP contribution is 2.19. The summed E-state index contributed by atoms with van der Waals surface area (Å²) in [7, 11) is 0. The van der Waals surface area contributed by atoms with E-state index in [0.717, 1.165) is 4.74 Å². The van der Waals surface area contributed by atoms with Crippen molar-refractivity contribution in [1.29, 1.82) is 0 Å². The van der Waals surface area contributed by atoms with Gasteiger partial charge < -0.3 is 5.21 Å². The van der Waals surface area contributed by atoms with Gasteiger partial charge in [-0.1, -0.05) is 24.3 Å². The van der Waals surface area contributed by atoms with Crippen molar-refractivity contribution < 1.29 is 9.58 Å². The average Bonchev–Trinajstić information content (AvgIpc) is 2.37.